The van der Waals surface area contributed by atoms with Gasteiger partial charge >= 0.3 is 0 Å². The molecule has 2 fully saturated rings. The van der Waals surface area contributed by atoms with Crippen LogP contribution < -0.4 is 10.2 Å². The lowest BCUT2D eigenvalue weighted by molar-refractivity contribution is 0.141. The van der Waals surface area contributed by atoms with Crippen molar-refractivity contribution >= 4 is 5.95 Å². The van der Waals surface area contributed by atoms with Crippen molar-refractivity contribution < 1.29 is 4.74 Å². The molecule has 0 bridgehead atoms. The van der Waals surface area contributed by atoms with Crippen LogP contribution in [0.5, 0.6) is 0 Å². The van der Waals surface area contributed by atoms with Gasteiger partial charge in [0, 0.05) is 45.1 Å². The predicted octanol–water partition coefficient (Wildman–Crippen LogP) is 1.81. The van der Waals surface area contributed by atoms with E-state index in [1.165, 1.54) is 19.4 Å². The van der Waals surface area contributed by atoms with E-state index in [-0.39, 0.29) is 0 Å². The highest BCUT2D eigenvalue weighted by Crippen LogP contribution is 2.28. The standard InChI is InChI=1S/C16H28N4O/c1-3-21-9-5-8-19-10-13(2)18-16(19)20-11-14-6-4-7-17-15(14)12-20/h10,14-15,17H,3-9,11-12H2,1-2H3. The SMILES string of the molecule is CCOCCCn1cc(C)nc1N1CC2CCCNC2C1. The fourth-order valence-electron chi connectivity index (χ4n) is 3.64. The molecule has 118 valence electrons. The highest BCUT2D eigenvalue weighted by Gasteiger charge is 2.35. The molecule has 2 atom stereocenters. The Morgan fingerprint density at radius 1 is 1.43 bits per heavy atom. The fourth-order valence-corrected chi connectivity index (χ4v) is 3.64. The maximum atomic E-state index is 5.45. The molecule has 1 aromatic heterocycles. The molecule has 5 nitrogen and oxygen atoms in total. The van der Waals surface area contributed by atoms with Gasteiger partial charge in [-0.05, 0) is 45.6 Å². The van der Waals surface area contributed by atoms with Crippen molar-refractivity contribution in [2.75, 3.05) is 37.7 Å². The number of fused-ring (bicyclic) bond motifs is 1. The summed E-state index contributed by atoms with van der Waals surface area (Å²) >= 11 is 0. The summed E-state index contributed by atoms with van der Waals surface area (Å²) in [6, 6.07) is 0.660. The first-order chi connectivity index (χ1) is 10.3. The van der Waals surface area contributed by atoms with Gasteiger partial charge in [-0.15, -0.1) is 0 Å². The molecule has 2 aliphatic rings. The van der Waals surface area contributed by atoms with Crippen LogP contribution in [0, 0.1) is 12.8 Å². The fraction of sp³-hybridized carbons (Fsp3) is 0.812. The maximum Gasteiger partial charge on any atom is 0.205 e. The first-order valence-electron chi connectivity index (χ1n) is 8.37. The molecule has 0 spiro atoms. The maximum absolute atomic E-state index is 5.45. The molecular weight excluding hydrogens is 264 g/mol. The van der Waals surface area contributed by atoms with Crippen LogP contribution in [-0.4, -0.2) is 48.4 Å². The van der Waals surface area contributed by atoms with Crippen LogP contribution in [0.2, 0.25) is 0 Å². The molecule has 1 N–H and O–H groups in total. The number of imidazole rings is 1. The summed E-state index contributed by atoms with van der Waals surface area (Å²) in [5.74, 6) is 1.95. The Morgan fingerprint density at radius 3 is 3.14 bits per heavy atom. The van der Waals surface area contributed by atoms with Crippen molar-refractivity contribution in [2.45, 2.75) is 45.7 Å². The lowest BCUT2D eigenvalue weighted by Crippen LogP contribution is -2.40. The van der Waals surface area contributed by atoms with Crippen molar-refractivity contribution in [3.63, 3.8) is 0 Å². The van der Waals surface area contributed by atoms with Crippen molar-refractivity contribution in [3.05, 3.63) is 11.9 Å². The molecule has 1 aromatic rings. The minimum absolute atomic E-state index is 0.660. The molecule has 3 rings (SSSR count). The third-order valence-corrected chi connectivity index (χ3v) is 4.65. The van der Waals surface area contributed by atoms with Crippen LogP contribution in [0.3, 0.4) is 0 Å². The van der Waals surface area contributed by atoms with Crippen LogP contribution in [0.15, 0.2) is 6.20 Å². The van der Waals surface area contributed by atoms with Crippen LogP contribution in [0.25, 0.3) is 0 Å². The summed E-state index contributed by atoms with van der Waals surface area (Å²) in [6.07, 6.45) is 5.90. The highest BCUT2D eigenvalue weighted by atomic mass is 16.5. The minimum atomic E-state index is 0.660. The van der Waals surface area contributed by atoms with Gasteiger partial charge < -0.3 is 19.5 Å². The Morgan fingerprint density at radius 2 is 2.33 bits per heavy atom. The lowest BCUT2D eigenvalue weighted by atomic mass is 9.94. The lowest BCUT2D eigenvalue weighted by Gasteiger charge is -2.24. The normalized spacial score (nSPS) is 25.3. The first kappa shape index (κ1) is 14.9. The number of nitrogens with one attached hydrogen (secondary N) is 1. The molecule has 5 heteroatoms. The second-order valence-electron chi connectivity index (χ2n) is 6.29. The molecular formula is C16H28N4O. The van der Waals surface area contributed by atoms with Gasteiger partial charge in [0.1, 0.15) is 0 Å². The number of ether oxygens (including phenoxy) is 1. The van der Waals surface area contributed by atoms with Gasteiger partial charge in [0.15, 0.2) is 0 Å². The van der Waals surface area contributed by atoms with E-state index in [9.17, 15) is 0 Å². The Kier molecular flexibility index (Phi) is 4.80. The molecule has 3 heterocycles. The summed E-state index contributed by atoms with van der Waals surface area (Å²) in [7, 11) is 0. The second kappa shape index (κ2) is 6.79. The Labute approximate surface area is 127 Å². The van der Waals surface area contributed by atoms with E-state index in [2.05, 4.69) is 27.9 Å². The largest absolute Gasteiger partial charge is 0.382 e. The predicted molar refractivity (Wildman–Crippen MR) is 84.8 cm³/mol. The van der Waals surface area contributed by atoms with Gasteiger partial charge in [-0.1, -0.05) is 0 Å². The van der Waals surface area contributed by atoms with E-state index in [1.807, 2.05) is 6.92 Å². The van der Waals surface area contributed by atoms with Crippen molar-refractivity contribution in [3.8, 4) is 0 Å². The number of nitrogens with zero attached hydrogens (tertiary/aromatic N) is 3. The molecule has 0 amide bonds. The number of rotatable bonds is 6. The summed E-state index contributed by atoms with van der Waals surface area (Å²) < 4.78 is 7.76. The molecule has 2 aliphatic heterocycles. The molecule has 0 aliphatic carbocycles. The summed E-state index contributed by atoms with van der Waals surface area (Å²) in [4.78, 5) is 7.24. The molecule has 2 saturated heterocycles. The smallest absolute Gasteiger partial charge is 0.205 e. The first-order valence-corrected chi connectivity index (χ1v) is 8.37. The number of aryl methyl sites for hydroxylation is 2. The van der Waals surface area contributed by atoms with E-state index >= 15 is 0 Å². The molecule has 0 radical (unpaired) electrons. The van der Waals surface area contributed by atoms with Gasteiger partial charge in [0.25, 0.3) is 0 Å². The van der Waals surface area contributed by atoms with Crippen molar-refractivity contribution in [2.24, 2.45) is 5.92 Å². The topological polar surface area (TPSA) is 42.3 Å². The zero-order valence-corrected chi connectivity index (χ0v) is 13.3. The third kappa shape index (κ3) is 3.40. The summed E-state index contributed by atoms with van der Waals surface area (Å²) in [5.41, 5.74) is 1.12. The van der Waals surface area contributed by atoms with Gasteiger partial charge in [-0.25, -0.2) is 4.98 Å². The molecule has 0 saturated carbocycles. The second-order valence-corrected chi connectivity index (χ2v) is 6.29. The third-order valence-electron chi connectivity index (χ3n) is 4.65. The van der Waals surface area contributed by atoms with Crippen LogP contribution in [-0.2, 0) is 11.3 Å². The molecule has 0 aromatic carbocycles. The zero-order chi connectivity index (χ0) is 14.7. The van der Waals surface area contributed by atoms with Crippen LogP contribution in [0.4, 0.5) is 5.95 Å². The number of piperidine rings is 1. The van der Waals surface area contributed by atoms with E-state index < -0.39 is 0 Å². The number of hydrogen-bond donors (Lipinski definition) is 1. The van der Waals surface area contributed by atoms with Crippen molar-refractivity contribution in [1.82, 2.24) is 14.9 Å². The number of hydrogen-bond acceptors (Lipinski definition) is 4. The Balaban J connectivity index is 1.64. The van der Waals surface area contributed by atoms with E-state index in [0.29, 0.717) is 6.04 Å². The Bertz CT molecular complexity index is 445. The van der Waals surface area contributed by atoms with Crippen molar-refractivity contribution in [1.29, 1.82) is 0 Å². The van der Waals surface area contributed by atoms with Gasteiger partial charge in [0.2, 0.25) is 5.95 Å². The van der Waals surface area contributed by atoms with E-state index in [4.69, 9.17) is 9.72 Å². The highest BCUT2D eigenvalue weighted by molar-refractivity contribution is 5.36. The van der Waals surface area contributed by atoms with Crippen LogP contribution in [0.1, 0.15) is 31.9 Å². The summed E-state index contributed by atoms with van der Waals surface area (Å²) in [6.45, 7) is 10.2. The quantitative estimate of drug-likeness (QED) is 0.812. The average molecular weight is 292 g/mol. The van der Waals surface area contributed by atoms with E-state index in [1.54, 1.807) is 0 Å². The minimum Gasteiger partial charge on any atom is -0.382 e. The summed E-state index contributed by atoms with van der Waals surface area (Å²) in [5, 5.41) is 3.67. The van der Waals surface area contributed by atoms with Gasteiger partial charge in [0.05, 0.1) is 5.69 Å². The zero-order valence-electron chi connectivity index (χ0n) is 13.3. The van der Waals surface area contributed by atoms with E-state index in [0.717, 1.165) is 56.8 Å². The molecule has 2 unspecified atom stereocenters. The van der Waals surface area contributed by atoms with Crippen LogP contribution >= 0.6 is 0 Å². The average Bonchev–Trinajstić information content (AvgIpc) is 3.06. The molecule has 21 heavy (non-hydrogen) atoms. The van der Waals surface area contributed by atoms with Gasteiger partial charge in [-0.3, -0.25) is 0 Å². The monoisotopic (exact) mass is 292 g/mol. The Hall–Kier alpha value is -1.07. The number of anilines is 1. The van der Waals surface area contributed by atoms with Gasteiger partial charge in [-0.2, -0.15) is 0 Å². The number of aromatic nitrogens is 2.